The maximum Gasteiger partial charge on any atom is 0.321 e. The second-order valence-electron chi connectivity index (χ2n) is 4.87. The van der Waals surface area contributed by atoms with Crippen LogP contribution in [0.5, 0.6) is 0 Å². The van der Waals surface area contributed by atoms with E-state index in [4.69, 9.17) is 0 Å². The van der Waals surface area contributed by atoms with E-state index in [9.17, 15) is 19.8 Å². The molecule has 0 saturated carbocycles. The second kappa shape index (κ2) is 6.44. The zero-order chi connectivity index (χ0) is 12.3. The maximum atomic E-state index is 11.2. The van der Waals surface area contributed by atoms with Crippen LogP contribution in [0.1, 0.15) is 47.0 Å². The lowest BCUT2D eigenvalue weighted by Crippen LogP contribution is -2.49. The molecule has 4 nitrogen and oxygen atoms in total. The van der Waals surface area contributed by atoms with Gasteiger partial charge in [0, 0.05) is 0 Å². The average molecular weight is 243 g/mol. The number of hydrogen-bond donors (Lipinski definition) is 2. The van der Waals surface area contributed by atoms with E-state index < -0.39 is 22.8 Å². The summed E-state index contributed by atoms with van der Waals surface area (Å²) in [5.74, 6) is -2.48. The quantitative estimate of drug-likeness (QED) is 0.565. The van der Waals surface area contributed by atoms with Crippen molar-refractivity contribution < 1.29 is 19.8 Å². The lowest BCUT2D eigenvalue weighted by molar-refractivity contribution is -0.174. The van der Waals surface area contributed by atoms with E-state index in [2.05, 4.69) is 0 Å². The largest absolute Gasteiger partial charge is 0.480 e. The molecule has 0 radical (unpaired) electrons. The predicted octanol–water partition coefficient (Wildman–Crippen LogP) is 1.46. The molecule has 16 heavy (non-hydrogen) atoms. The van der Waals surface area contributed by atoms with Crippen LogP contribution in [0.4, 0.5) is 0 Å². The molecule has 0 aliphatic carbocycles. The minimum absolute atomic E-state index is 0. The molecule has 0 unspecified atom stereocenters. The smallest absolute Gasteiger partial charge is 0.321 e. The Morgan fingerprint density at radius 2 is 1.44 bits per heavy atom. The minimum atomic E-state index is -1.68. The first-order valence-electron chi connectivity index (χ1n) is 5.17. The summed E-state index contributed by atoms with van der Waals surface area (Å²) in [7, 11) is 0. The number of carboxylic acid groups (broad SMARTS) is 2. The van der Waals surface area contributed by atoms with Gasteiger partial charge in [-0.1, -0.05) is 40.5 Å². The highest BCUT2D eigenvalue weighted by atomic mass is 24.3. The third-order valence-electron chi connectivity index (χ3n) is 2.92. The topological polar surface area (TPSA) is 74.6 Å². The van der Waals surface area contributed by atoms with Gasteiger partial charge in [-0.15, -0.1) is 0 Å². The lowest BCUT2D eigenvalue weighted by Gasteiger charge is -2.37. The summed E-state index contributed by atoms with van der Waals surface area (Å²) < 4.78 is 0. The van der Waals surface area contributed by atoms with Crippen LogP contribution in [0.3, 0.4) is 0 Å². The molecule has 0 saturated heterocycles. The lowest BCUT2D eigenvalue weighted by atomic mass is 9.64. The van der Waals surface area contributed by atoms with Gasteiger partial charge in [0.1, 0.15) is 0 Å². The van der Waals surface area contributed by atoms with Crippen LogP contribution in [0.15, 0.2) is 0 Å². The van der Waals surface area contributed by atoms with Gasteiger partial charge in [0.25, 0.3) is 0 Å². The number of carboxylic acids is 2. The Morgan fingerprint density at radius 1 is 1.06 bits per heavy atom. The third kappa shape index (κ3) is 3.35. The average Bonchev–Trinajstić information content (AvgIpc) is 2.01. The Hall–Kier alpha value is -0.294. The molecule has 0 aromatic rings. The molecule has 0 aromatic heterocycles. The molecule has 0 amide bonds. The zero-order valence-corrected chi connectivity index (χ0v) is 9.83. The van der Waals surface area contributed by atoms with E-state index in [0.717, 1.165) is 6.42 Å². The zero-order valence-electron chi connectivity index (χ0n) is 9.83. The fourth-order valence-corrected chi connectivity index (χ4v) is 1.76. The Kier molecular flexibility index (Phi) is 7.28. The van der Waals surface area contributed by atoms with E-state index in [0.29, 0.717) is 6.42 Å². The summed E-state index contributed by atoms with van der Waals surface area (Å²) >= 11 is 0. The number of aliphatic carboxylic acids is 2. The molecule has 0 fully saturated rings. The van der Waals surface area contributed by atoms with Crippen molar-refractivity contribution >= 4 is 35.0 Å². The van der Waals surface area contributed by atoms with Crippen molar-refractivity contribution in [3.05, 3.63) is 0 Å². The normalized spacial score (nSPS) is 11.8. The van der Waals surface area contributed by atoms with Crippen molar-refractivity contribution in [1.82, 2.24) is 0 Å². The summed E-state index contributed by atoms with van der Waals surface area (Å²) in [5, 5.41) is 18.4. The van der Waals surface area contributed by atoms with Crippen molar-refractivity contribution in [3.63, 3.8) is 0 Å². The summed E-state index contributed by atoms with van der Waals surface area (Å²) in [6.45, 7) is 6.89. The molecule has 0 spiro atoms. The van der Waals surface area contributed by atoms with Gasteiger partial charge in [-0.25, -0.2) is 0 Å². The molecular formula is C11H22MgO4. The molecule has 0 atom stereocenters. The van der Waals surface area contributed by atoms with Gasteiger partial charge in [0.05, 0.1) is 0 Å². The van der Waals surface area contributed by atoms with Crippen molar-refractivity contribution in [2.45, 2.75) is 47.0 Å². The third-order valence-corrected chi connectivity index (χ3v) is 2.92. The van der Waals surface area contributed by atoms with Crippen LogP contribution >= 0.6 is 0 Å². The van der Waals surface area contributed by atoms with Gasteiger partial charge in [0.2, 0.25) is 0 Å². The van der Waals surface area contributed by atoms with E-state index >= 15 is 0 Å². The van der Waals surface area contributed by atoms with Gasteiger partial charge in [-0.3, -0.25) is 9.59 Å². The number of hydrogen-bond acceptors (Lipinski definition) is 2. The molecule has 92 valence electrons. The van der Waals surface area contributed by atoms with E-state index in [-0.39, 0.29) is 29.5 Å². The van der Waals surface area contributed by atoms with E-state index in [1.54, 1.807) is 20.8 Å². The Balaban J connectivity index is 0. The summed E-state index contributed by atoms with van der Waals surface area (Å²) in [5.41, 5.74) is -2.47. The first-order chi connectivity index (χ1) is 6.70. The van der Waals surface area contributed by atoms with Crippen LogP contribution in [0.2, 0.25) is 0 Å². The molecule has 5 heteroatoms. The summed E-state index contributed by atoms with van der Waals surface area (Å²) in [6, 6.07) is 0. The summed E-state index contributed by atoms with van der Waals surface area (Å²) in [4.78, 5) is 22.5. The van der Waals surface area contributed by atoms with Crippen molar-refractivity contribution in [2.75, 3.05) is 0 Å². The maximum absolute atomic E-state index is 11.2. The van der Waals surface area contributed by atoms with Crippen molar-refractivity contribution in [2.24, 2.45) is 10.8 Å². The van der Waals surface area contributed by atoms with Gasteiger partial charge in [-0.2, -0.15) is 0 Å². The molecular weight excluding hydrogens is 220 g/mol. The fraction of sp³-hybridized carbons (Fsp3) is 0.818. The molecule has 0 rings (SSSR count). The van der Waals surface area contributed by atoms with Crippen LogP contribution in [0, 0.1) is 10.8 Å². The SMILES string of the molecule is CCCCC(C(=O)O)(C(=O)O)C(C)(C)C.[MgH2]. The number of rotatable bonds is 5. The Bertz CT molecular complexity index is 241. The Labute approximate surface area is 113 Å². The monoisotopic (exact) mass is 242 g/mol. The first kappa shape index (κ1) is 18.1. The van der Waals surface area contributed by atoms with Gasteiger partial charge in [0.15, 0.2) is 5.41 Å². The highest BCUT2D eigenvalue weighted by Gasteiger charge is 2.54. The molecule has 2 N–H and O–H groups in total. The van der Waals surface area contributed by atoms with Gasteiger partial charge < -0.3 is 10.2 Å². The molecule has 0 aromatic carbocycles. The fourth-order valence-electron chi connectivity index (χ4n) is 1.76. The van der Waals surface area contributed by atoms with Crippen LogP contribution in [-0.4, -0.2) is 45.2 Å². The standard InChI is InChI=1S/C11H20O4.Mg.2H/c1-5-6-7-11(8(12)13,9(14)15)10(2,3)4;;;/h5-7H2,1-4H3,(H,12,13)(H,14,15);;;. The second-order valence-corrected chi connectivity index (χ2v) is 4.87. The molecule has 0 aliphatic heterocycles. The highest BCUT2D eigenvalue weighted by molar-refractivity contribution is 5.99. The van der Waals surface area contributed by atoms with Crippen LogP contribution < -0.4 is 0 Å². The van der Waals surface area contributed by atoms with Crippen LogP contribution in [-0.2, 0) is 9.59 Å². The number of carbonyl (C=O) groups is 2. The minimum Gasteiger partial charge on any atom is -0.480 e. The van der Waals surface area contributed by atoms with Crippen molar-refractivity contribution in [3.8, 4) is 0 Å². The van der Waals surface area contributed by atoms with Gasteiger partial charge >= 0.3 is 35.0 Å². The van der Waals surface area contributed by atoms with Crippen molar-refractivity contribution in [1.29, 1.82) is 0 Å². The Morgan fingerprint density at radius 3 is 1.62 bits per heavy atom. The van der Waals surface area contributed by atoms with E-state index in [1.165, 1.54) is 0 Å². The predicted molar refractivity (Wildman–Crippen MR) is 65.2 cm³/mol. The van der Waals surface area contributed by atoms with Crippen LogP contribution in [0.25, 0.3) is 0 Å². The summed E-state index contributed by atoms with van der Waals surface area (Å²) in [6.07, 6.45) is 1.58. The number of unbranched alkanes of at least 4 members (excludes halogenated alkanes) is 1. The highest BCUT2D eigenvalue weighted by Crippen LogP contribution is 2.43. The molecule has 0 heterocycles. The molecule has 0 bridgehead atoms. The van der Waals surface area contributed by atoms with E-state index in [1.807, 2.05) is 6.92 Å². The van der Waals surface area contributed by atoms with Gasteiger partial charge in [-0.05, 0) is 11.8 Å². The first-order valence-corrected chi connectivity index (χ1v) is 5.17. The molecule has 0 aliphatic rings.